The lowest BCUT2D eigenvalue weighted by Gasteiger charge is -2.33. The number of amides is 2. The molecule has 0 unspecified atom stereocenters. The number of sulfonamides is 1. The predicted molar refractivity (Wildman–Crippen MR) is 161 cm³/mol. The fraction of sp³-hybridized carbons (Fsp3) is 0.375. The highest BCUT2D eigenvalue weighted by Gasteiger charge is 2.33. The Bertz CT molecular complexity index is 1390. The fourth-order valence-electron chi connectivity index (χ4n) is 4.58. The lowest BCUT2D eigenvalue weighted by atomic mass is 10.0. The van der Waals surface area contributed by atoms with E-state index in [-0.39, 0.29) is 29.3 Å². The Balaban J connectivity index is 2.07. The van der Waals surface area contributed by atoms with E-state index in [0.29, 0.717) is 12.1 Å². The van der Waals surface area contributed by atoms with E-state index in [4.69, 9.17) is 0 Å². The zero-order valence-electron chi connectivity index (χ0n) is 24.3. The summed E-state index contributed by atoms with van der Waals surface area (Å²) < 4.78 is 29.0. The number of rotatable bonds is 12. The summed E-state index contributed by atoms with van der Waals surface area (Å²) in [6, 6.07) is 22.2. The average Bonchev–Trinajstić information content (AvgIpc) is 2.91. The Kier molecular flexibility index (Phi) is 10.5. The van der Waals surface area contributed by atoms with Gasteiger partial charge in [0.15, 0.2) is 0 Å². The quantitative estimate of drug-likeness (QED) is 0.309. The molecule has 2 amide bonds. The summed E-state index contributed by atoms with van der Waals surface area (Å²) in [5.74, 6) is -0.457. The van der Waals surface area contributed by atoms with Crippen LogP contribution < -0.4 is 9.62 Å². The molecule has 0 aromatic heterocycles. The molecule has 0 saturated heterocycles. The number of nitrogens with one attached hydrogen (secondary N) is 1. The van der Waals surface area contributed by atoms with Crippen molar-refractivity contribution in [3.63, 3.8) is 0 Å². The highest BCUT2D eigenvalue weighted by molar-refractivity contribution is 7.92. The van der Waals surface area contributed by atoms with Crippen molar-refractivity contribution in [2.45, 2.75) is 77.4 Å². The Morgan fingerprint density at radius 1 is 0.875 bits per heavy atom. The summed E-state index contributed by atoms with van der Waals surface area (Å²) in [6.07, 6.45) is 0.380. The van der Waals surface area contributed by atoms with Crippen molar-refractivity contribution in [2.24, 2.45) is 0 Å². The van der Waals surface area contributed by atoms with Crippen LogP contribution in [0, 0.1) is 6.92 Å². The van der Waals surface area contributed by atoms with Gasteiger partial charge >= 0.3 is 0 Å². The van der Waals surface area contributed by atoms with Crippen LogP contribution in [0.1, 0.15) is 63.6 Å². The van der Waals surface area contributed by atoms with Crippen LogP contribution in [0.5, 0.6) is 0 Å². The average molecular weight is 564 g/mol. The number of carbonyl (C=O) groups is 2. The molecule has 3 rings (SSSR count). The first-order valence-electron chi connectivity index (χ1n) is 13.8. The second-order valence-electron chi connectivity index (χ2n) is 10.7. The van der Waals surface area contributed by atoms with Crippen LogP contribution >= 0.6 is 0 Å². The summed E-state index contributed by atoms with van der Waals surface area (Å²) in [6.45, 7) is 11.4. The van der Waals surface area contributed by atoms with Gasteiger partial charge in [0.2, 0.25) is 11.8 Å². The number of nitrogens with zero attached hydrogens (tertiary/aromatic N) is 2. The molecule has 0 aliphatic carbocycles. The third kappa shape index (κ3) is 7.72. The highest BCUT2D eigenvalue weighted by atomic mass is 32.2. The first kappa shape index (κ1) is 30.9. The topological polar surface area (TPSA) is 86.8 Å². The normalized spacial score (nSPS) is 12.3. The maximum atomic E-state index is 14.1. The second-order valence-corrected chi connectivity index (χ2v) is 12.5. The van der Waals surface area contributed by atoms with Gasteiger partial charge in [-0.1, -0.05) is 80.9 Å². The minimum Gasteiger partial charge on any atom is -0.352 e. The summed E-state index contributed by atoms with van der Waals surface area (Å²) in [4.78, 5) is 28.9. The second kappa shape index (κ2) is 13.6. The minimum atomic E-state index is -4.08. The van der Waals surface area contributed by atoms with Gasteiger partial charge < -0.3 is 10.2 Å². The molecule has 40 heavy (non-hydrogen) atoms. The molecule has 214 valence electrons. The Morgan fingerprint density at radius 2 is 1.52 bits per heavy atom. The van der Waals surface area contributed by atoms with Gasteiger partial charge in [0.05, 0.1) is 10.6 Å². The molecule has 0 fully saturated rings. The molecular formula is C32H41N3O4S. The van der Waals surface area contributed by atoms with Crippen molar-refractivity contribution in [1.29, 1.82) is 0 Å². The molecule has 8 heteroatoms. The standard InChI is InChI=1S/C32H41N3O4S/c1-7-30(32(37)33-24(4)5)34(21-26-13-11-12-25(6)20-26)31(36)22-35(28-18-16-27(17-19-28)23(2)3)40(38,39)29-14-9-8-10-15-29/h8-20,23-24,30H,7,21-22H2,1-6H3,(H,33,37)/t30-/m0/s1. The van der Waals surface area contributed by atoms with Gasteiger partial charge in [0.25, 0.3) is 10.0 Å². The Hall–Kier alpha value is -3.65. The fourth-order valence-corrected chi connectivity index (χ4v) is 6.02. The van der Waals surface area contributed by atoms with E-state index >= 15 is 0 Å². The molecule has 3 aromatic rings. The van der Waals surface area contributed by atoms with E-state index < -0.39 is 28.5 Å². The summed E-state index contributed by atoms with van der Waals surface area (Å²) in [5.41, 5.74) is 3.34. The lowest BCUT2D eigenvalue weighted by Crippen LogP contribution is -2.53. The highest BCUT2D eigenvalue weighted by Crippen LogP contribution is 2.27. The largest absolute Gasteiger partial charge is 0.352 e. The molecule has 1 N–H and O–H groups in total. The number of hydrogen-bond acceptors (Lipinski definition) is 4. The SMILES string of the molecule is CC[C@@H](C(=O)NC(C)C)N(Cc1cccc(C)c1)C(=O)CN(c1ccc(C(C)C)cc1)S(=O)(=O)c1ccccc1. The van der Waals surface area contributed by atoms with Gasteiger partial charge in [0.1, 0.15) is 12.6 Å². The van der Waals surface area contributed by atoms with Gasteiger partial charge in [-0.25, -0.2) is 8.42 Å². The number of anilines is 1. The monoisotopic (exact) mass is 563 g/mol. The van der Waals surface area contributed by atoms with Crippen LogP contribution in [0.3, 0.4) is 0 Å². The molecule has 0 heterocycles. The lowest BCUT2D eigenvalue weighted by molar-refractivity contribution is -0.140. The smallest absolute Gasteiger partial charge is 0.264 e. The van der Waals surface area contributed by atoms with Gasteiger partial charge in [0, 0.05) is 12.6 Å². The van der Waals surface area contributed by atoms with Gasteiger partial charge in [-0.3, -0.25) is 13.9 Å². The third-order valence-electron chi connectivity index (χ3n) is 6.71. The molecule has 3 aromatic carbocycles. The minimum absolute atomic E-state index is 0.0885. The number of benzene rings is 3. The first-order valence-corrected chi connectivity index (χ1v) is 15.2. The van der Waals surface area contributed by atoms with Gasteiger partial charge in [-0.2, -0.15) is 0 Å². The predicted octanol–water partition coefficient (Wildman–Crippen LogP) is 5.65. The van der Waals surface area contributed by atoms with E-state index in [1.165, 1.54) is 17.0 Å². The van der Waals surface area contributed by atoms with Gasteiger partial charge in [-0.05, 0) is 68.5 Å². The van der Waals surface area contributed by atoms with E-state index in [0.717, 1.165) is 21.0 Å². The van der Waals surface area contributed by atoms with Crippen molar-refractivity contribution >= 4 is 27.5 Å². The molecule has 0 spiro atoms. The van der Waals surface area contributed by atoms with Crippen LogP contribution in [0.25, 0.3) is 0 Å². The van der Waals surface area contributed by atoms with Crippen LogP contribution in [0.15, 0.2) is 83.8 Å². The first-order chi connectivity index (χ1) is 18.9. The third-order valence-corrected chi connectivity index (χ3v) is 8.50. The summed E-state index contributed by atoms with van der Waals surface area (Å²) in [5, 5.41) is 2.92. The van der Waals surface area contributed by atoms with Crippen molar-refractivity contribution < 1.29 is 18.0 Å². The number of hydrogen-bond donors (Lipinski definition) is 1. The van der Waals surface area contributed by atoms with E-state index in [1.807, 2.05) is 64.1 Å². The molecular weight excluding hydrogens is 522 g/mol. The van der Waals surface area contributed by atoms with E-state index in [9.17, 15) is 18.0 Å². The Morgan fingerprint density at radius 3 is 2.08 bits per heavy atom. The zero-order valence-corrected chi connectivity index (χ0v) is 25.1. The van der Waals surface area contributed by atoms with Gasteiger partial charge in [-0.15, -0.1) is 0 Å². The van der Waals surface area contributed by atoms with Crippen molar-refractivity contribution in [1.82, 2.24) is 10.2 Å². The van der Waals surface area contributed by atoms with Crippen molar-refractivity contribution in [3.8, 4) is 0 Å². The van der Waals surface area contributed by atoms with Crippen molar-refractivity contribution in [2.75, 3.05) is 10.8 Å². The molecule has 0 aliphatic heterocycles. The molecule has 0 bridgehead atoms. The molecule has 0 aliphatic rings. The maximum Gasteiger partial charge on any atom is 0.264 e. The number of carbonyl (C=O) groups excluding carboxylic acids is 2. The van der Waals surface area contributed by atoms with Crippen LogP contribution in [0.2, 0.25) is 0 Å². The summed E-state index contributed by atoms with van der Waals surface area (Å²) in [7, 11) is -4.08. The van der Waals surface area contributed by atoms with E-state index in [2.05, 4.69) is 19.2 Å². The van der Waals surface area contributed by atoms with Crippen LogP contribution in [-0.4, -0.2) is 43.8 Å². The zero-order chi connectivity index (χ0) is 29.4. The molecule has 0 saturated carbocycles. The summed E-state index contributed by atoms with van der Waals surface area (Å²) >= 11 is 0. The Labute approximate surface area is 239 Å². The maximum absolute atomic E-state index is 14.1. The number of aryl methyl sites for hydroxylation is 1. The molecule has 7 nitrogen and oxygen atoms in total. The van der Waals surface area contributed by atoms with Crippen LogP contribution in [0.4, 0.5) is 5.69 Å². The van der Waals surface area contributed by atoms with Crippen LogP contribution in [-0.2, 0) is 26.2 Å². The van der Waals surface area contributed by atoms with E-state index in [1.54, 1.807) is 30.3 Å². The van der Waals surface area contributed by atoms with Crippen molar-refractivity contribution in [3.05, 3.63) is 95.6 Å². The molecule has 0 radical (unpaired) electrons. The molecule has 1 atom stereocenters.